The van der Waals surface area contributed by atoms with Crippen molar-refractivity contribution in [2.75, 3.05) is 0 Å². The Labute approximate surface area is 100 Å². The highest BCUT2D eigenvalue weighted by Gasteiger charge is 2.26. The van der Waals surface area contributed by atoms with Crippen molar-refractivity contribution in [3.05, 3.63) is 28.8 Å². The van der Waals surface area contributed by atoms with Crippen molar-refractivity contribution in [1.29, 1.82) is 0 Å². The molecule has 1 aliphatic rings. The average Bonchev–Trinajstić information content (AvgIpc) is 2.66. The number of benzene rings is 1. The van der Waals surface area contributed by atoms with Crippen LogP contribution in [0.3, 0.4) is 0 Å². The van der Waals surface area contributed by atoms with Gasteiger partial charge in [0.05, 0.1) is 5.56 Å². The van der Waals surface area contributed by atoms with Crippen LogP contribution in [0.1, 0.15) is 47.7 Å². The third kappa shape index (κ3) is 2.23. The van der Waals surface area contributed by atoms with Gasteiger partial charge in [0, 0.05) is 19.3 Å². The average molecular weight is 232 g/mol. The number of carbonyl (C=O) groups excluding carboxylic acids is 2. The number of Topliss-reactive ketones (excluding diaryl/α,β-unsaturated/α-hetero) is 2. The van der Waals surface area contributed by atoms with Crippen molar-refractivity contribution in [3.8, 4) is 5.75 Å². The molecular weight excluding hydrogens is 216 g/mol. The molecule has 0 aliphatic heterocycles. The number of ketones is 2. The number of fused-ring (bicyclic) bond motifs is 1. The monoisotopic (exact) mass is 232 g/mol. The molecule has 0 saturated heterocycles. The molecule has 0 fully saturated rings. The van der Waals surface area contributed by atoms with Crippen molar-refractivity contribution in [2.24, 2.45) is 0 Å². The first kappa shape index (κ1) is 11.8. The standard InChI is InChI=1S/C14H16O3/c1-2-3-10(15)8-9-4-6-12(16)14-11(9)5-7-13(14)17/h4,6,16H,2-3,5,7-8H2,1H3. The quantitative estimate of drug-likeness (QED) is 0.867. The fraction of sp³-hybridized carbons (Fsp3) is 0.429. The Kier molecular flexibility index (Phi) is 3.27. The highest BCUT2D eigenvalue weighted by atomic mass is 16.3. The Hall–Kier alpha value is -1.64. The summed E-state index contributed by atoms with van der Waals surface area (Å²) in [6.07, 6.45) is 2.89. The van der Waals surface area contributed by atoms with Crippen LogP contribution in [0.25, 0.3) is 0 Å². The first-order valence-electron chi connectivity index (χ1n) is 6.02. The summed E-state index contributed by atoms with van der Waals surface area (Å²) in [5.74, 6) is 0.233. The Morgan fingerprint density at radius 3 is 2.82 bits per heavy atom. The fourth-order valence-electron chi connectivity index (χ4n) is 2.38. The predicted molar refractivity (Wildman–Crippen MR) is 64.4 cm³/mol. The van der Waals surface area contributed by atoms with Gasteiger partial charge in [-0.2, -0.15) is 0 Å². The first-order valence-corrected chi connectivity index (χ1v) is 6.02. The van der Waals surface area contributed by atoms with Crippen molar-refractivity contribution in [1.82, 2.24) is 0 Å². The van der Waals surface area contributed by atoms with Crippen LogP contribution in [0.15, 0.2) is 12.1 Å². The van der Waals surface area contributed by atoms with E-state index >= 15 is 0 Å². The van der Waals surface area contributed by atoms with E-state index in [-0.39, 0.29) is 17.3 Å². The third-order valence-electron chi connectivity index (χ3n) is 3.19. The van der Waals surface area contributed by atoms with E-state index in [9.17, 15) is 14.7 Å². The minimum absolute atomic E-state index is 0.0118. The highest BCUT2D eigenvalue weighted by Crippen LogP contribution is 2.32. The molecule has 2 rings (SSSR count). The van der Waals surface area contributed by atoms with Crippen LogP contribution in [-0.2, 0) is 17.6 Å². The molecule has 3 heteroatoms. The minimum Gasteiger partial charge on any atom is -0.507 e. The summed E-state index contributed by atoms with van der Waals surface area (Å²) in [5, 5.41) is 9.66. The topological polar surface area (TPSA) is 54.4 Å². The van der Waals surface area contributed by atoms with Gasteiger partial charge in [-0.25, -0.2) is 0 Å². The minimum atomic E-state index is -0.0118. The number of rotatable bonds is 4. The largest absolute Gasteiger partial charge is 0.507 e. The van der Waals surface area contributed by atoms with Gasteiger partial charge in [-0.05, 0) is 30.0 Å². The SMILES string of the molecule is CCCC(=O)Cc1ccc(O)c2c1CCC2=O. The molecule has 0 amide bonds. The van der Waals surface area contributed by atoms with Gasteiger partial charge >= 0.3 is 0 Å². The third-order valence-corrected chi connectivity index (χ3v) is 3.19. The van der Waals surface area contributed by atoms with Gasteiger partial charge in [-0.15, -0.1) is 0 Å². The maximum Gasteiger partial charge on any atom is 0.167 e. The molecule has 0 saturated carbocycles. The molecule has 0 aromatic heterocycles. The number of phenolic OH excluding ortho intramolecular Hbond substituents is 1. The second kappa shape index (κ2) is 4.70. The Bertz CT molecular complexity index is 475. The smallest absolute Gasteiger partial charge is 0.167 e. The Balaban J connectivity index is 2.31. The van der Waals surface area contributed by atoms with Gasteiger partial charge in [-0.3, -0.25) is 9.59 Å². The zero-order chi connectivity index (χ0) is 12.4. The zero-order valence-corrected chi connectivity index (χ0v) is 9.95. The van der Waals surface area contributed by atoms with E-state index in [2.05, 4.69) is 0 Å². The highest BCUT2D eigenvalue weighted by molar-refractivity contribution is 6.03. The van der Waals surface area contributed by atoms with Gasteiger partial charge in [0.1, 0.15) is 11.5 Å². The van der Waals surface area contributed by atoms with Crippen molar-refractivity contribution >= 4 is 11.6 Å². The number of hydrogen-bond donors (Lipinski definition) is 1. The van der Waals surface area contributed by atoms with Crippen LogP contribution in [0.5, 0.6) is 5.75 Å². The van der Waals surface area contributed by atoms with E-state index in [1.807, 2.05) is 6.92 Å². The van der Waals surface area contributed by atoms with E-state index in [0.29, 0.717) is 31.2 Å². The summed E-state index contributed by atoms with van der Waals surface area (Å²) in [6, 6.07) is 3.29. The van der Waals surface area contributed by atoms with Crippen molar-refractivity contribution < 1.29 is 14.7 Å². The van der Waals surface area contributed by atoms with Crippen molar-refractivity contribution in [3.63, 3.8) is 0 Å². The summed E-state index contributed by atoms with van der Waals surface area (Å²) in [6.45, 7) is 1.97. The molecule has 0 radical (unpaired) electrons. The van der Waals surface area contributed by atoms with Crippen LogP contribution in [0, 0.1) is 0 Å². The fourth-order valence-corrected chi connectivity index (χ4v) is 2.38. The lowest BCUT2D eigenvalue weighted by atomic mass is 9.97. The van der Waals surface area contributed by atoms with Crippen molar-refractivity contribution in [2.45, 2.75) is 39.0 Å². The lowest BCUT2D eigenvalue weighted by Gasteiger charge is -2.08. The lowest BCUT2D eigenvalue weighted by Crippen LogP contribution is -2.05. The molecule has 3 nitrogen and oxygen atoms in total. The number of hydrogen-bond acceptors (Lipinski definition) is 3. The molecule has 1 N–H and O–H groups in total. The molecule has 17 heavy (non-hydrogen) atoms. The van der Waals surface area contributed by atoms with Gasteiger partial charge in [-0.1, -0.05) is 13.0 Å². The number of phenols is 1. The molecule has 0 unspecified atom stereocenters. The summed E-state index contributed by atoms with van der Waals surface area (Å²) < 4.78 is 0. The van der Waals surface area contributed by atoms with Gasteiger partial charge < -0.3 is 5.11 Å². The summed E-state index contributed by atoms with van der Waals surface area (Å²) in [7, 11) is 0. The van der Waals surface area contributed by atoms with E-state index < -0.39 is 0 Å². The lowest BCUT2D eigenvalue weighted by molar-refractivity contribution is -0.118. The number of aromatic hydroxyl groups is 1. The van der Waals surface area contributed by atoms with E-state index in [0.717, 1.165) is 17.5 Å². The summed E-state index contributed by atoms with van der Waals surface area (Å²) in [5.41, 5.74) is 2.22. The van der Waals surface area contributed by atoms with Crippen LogP contribution in [0.4, 0.5) is 0 Å². The molecule has 90 valence electrons. The van der Waals surface area contributed by atoms with Crippen LogP contribution >= 0.6 is 0 Å². The first-order chi connectivity index (χ1) is 8.13. The second-order valence-corrected chi connectivity index (χ2v) is 4.49. The van der Waals surface area contributed by atoms with E-state index in [4.69, 9.17) is 0 Å². The molecule has 0 heterocycles. The van der Waals surface area contributed by atoms with Gasteiger partial charge in [0.2, 0.25) is 0 Å². The Morgan fingerprint density at radius 1 is 1.35 bits per heavy atom. The molecule has 1 aromatic carbocycles. The summed E-state index contributed by atoms with van der Waals surface area (Å²) in [4.78, 5) is 23.2. The molecule has 0 atom stereocenters. The molecule has 1 aromatic rings. The van der Waals surface area contributed by atoms with Crippen LogP contribution < -0.4 is 0 Å². The second-order valence-electron chi connectivity index (χ2n) is 4.49. The molecule has 0 spiro atoms. The summed E-state index contributed by atoms with van der Waals surface area (Å²) >= 11 is 0. The molecule has 0 bridgehead atoms. The predicted octanol–water partition coefficient (Wildman–Crippen LogP) is 2.43. The number of carbonyl (C=O) groups is 2. The van der Waals surface area contributed by atoms with Crippen LogP contribution in [0.2, 0.25) is 0 Å². The Morgan fingerprint density at radius 2 is 2.12 bits per heavy atom. The zero-order valence-electron chi connectivity index (χ0n) is 9.95. The molecular formula is C14H16O3. The van der Waals surface area contributed by atoms with E-state index in [1.54, 1.807) is 6.07 Å². The normalized spacial score (nSPS) is 13.8. The van der Waals surface area contributed by atoms with Gasteiger partial charge in [0.15, 0.2) is 5.78 Å². The van der Waals surface area contributed by atoms with Crippen LogP contribution in [-0.4, -0.2) is 16.7 Å². The maximum absolute atomic E-state index is 11.6. The van der Waals surface area contributed by atoms with E-state index in [1.165, 1.54) is 6.07 Å². The molecule has 1 aliphatic carbocycles. The van der Waals surface area contributed by atoms with Gasteiger partial charge in [0.25, 0.3) is 0 Å². The maximum atomic E-state index is 11.6.